The Hall–Kier alpha value is -1.95. The summed E-state index contributed by atoms with van der Waals surface area (Å²) >= 11 is 3.27. The molecule has 0 aliphatic heterocycles. The number of nitrogens with one attached hydrogen (secondary N) is 1. The van der Waals surface area contributed by atoms with Gasteiger partial charge in [0.15, 0.2) is 0 Å². The van der Waals surface area contributed by atoms with E-state index in [1.165, 1.54) is 12.1 Å². The number of hydrogen-bond acceptors (Lipinski definition) is 3. The molecule has 98 valence electrons. The number of carboxylic acids is 1. The second kappa shape index (κ2) is 5.79. The molecule has 2 N–H and O–H groups in total. The van der Waals surface area contributed by atoms with Crippen LogP contribution in [-0.4, -0.2) is 16.1 Å². The van der Waals surface area contributed by atoms with Crippen molar-refractivity contribution in [2.24, 2.45) is 0 Å². The highest BCUT2D eigenvalue weighted by Crippen LogP contribution is 2.17. The lowest BCUT2D eigenvalue weighted by Gasteiger charge is -2.08. The average molecular weight is 325 g/mol. The van der Waals surface area contributed by atoms with E-state index in [4.69, 9.17) is 5.11 Å². The summed E-state index contributed by atoms with van der Waals surface area (Å²) in [4.78, 5) is 14.9. The minimum atomic E-state index is -1.09. The Balaban J connectivity index is 2.12. The molecule has 0 aliphatic carbocycles. The SMILES string of the molecule is O=C(O)c1ccc(F)c(NCc2ccc(Br)cn2)c1. The Labute approximate surface area is 117 Å². The summed E-state index contributed by atoms with van der Waals surface area (Å²) in [6, 6.07) is 7.22. The fraction of sp³-hybridized carbons (Fsp3) is 0.0769. The summed E-state index contributed by atoms with van der Waals surface area (Å²) in [5, 5.41) is 11.7. The van der Waals surface area contributed by atoms with Gasteiger partial charge in [-0.2, -0.15) is 0 Å². The molecular weight excluding hydrogens is 315 g/mol. The lowest BCUT2D eigenvalue weighted by molar-refractivity contribution is 0.0697. The van der Waals surface area contributed by atoms with Gasteiger partial charge in [0.25, 0.3) is 0 Å². The number of rotatable bonds is 4. The second-order valence-corrected chi connectivity index (χ2v) is 4.74. The molecule has 1 heterocycles. The molecule has 0 fully saturated rings. The van der Waals surface area contributed by atoms with Gasteiger partial charge in [0.05, 0.1) is 23.5 Å². The molecule has 0 saturated heterocycles. The molecule has 0 unspecified atom stereocenters. The quantitative estimate of drug-likeness (QED) is 0.905. The summed E-state index contributed by atoms with van der Waals surface area (Å²) in [5.41, 5.74) is 0.903. The Kier molecular flexibility index (Phi) is 4.11. The number of pyridine rings is 1. The predicted octanol–water partition coefficient (Wildman–Crippen LogP) is 3.29. The predicted molar refractivity (Wildman–Crippen MR) is 72.6 cm³/mol. The van der Waals surface area contributed by atoms with Gasteiger partial charge in [-0.25, -0.2) is 9.18 Å². The van der Waals surface area contributed by atoms with Gasteiger partial charge in [-0.15, -0.1) is 0 Å². The van der Waals surface area contributed by atoms with Crippen molar-refractivity contribution >= 4 is 27.6 Å². The van der Waals surface area contributed by atoms with Crippen molar-refractivity contribution in [2.45, 2.75) is 6.54 Å². The van der Waals surface area contributed by atoms with Gasteiger partial charge in [-0.3, -0.25) is 4.98 Å². The summed E-state index contributed by atoms with van der Waals surface area (Å²) in [5.74, 6) is -1.59. The Morgan fingerprint density at radius 3 is 2.79 bits per heavy atom. The number of carbonyl (C=O) groups is 1. The van der Waals surface area contributed by atoms with Crippen molar-refractivity contribution in [2.75, 3.05) is 5.32 Å². The molecule has 0 bridgehead atoms. The highest BCUT2D eigenvalue weighted by Gasteiger charge is 2.08. The number of hydrogen-bond donors (Lipinski definition) is 2. The van der Waals surface area contributed by atoms with E-state index < -0.39 is 11.8 Å². The van der Waals surface area contributed by atoms with E-state index in [0.29, 0.717) is 6.54 Å². The normalized spacial score (nSPS) is 10.2. The monoisotopic (exact) mass is 324 g/mol. The van der Waals surface area contributed by atoms with E-state index in [-0.39, 0.29) is 11.3 Å². The van der Waals surface area contributed by atoms with Gasteiger partial charge in [-0.05, 0) is 46.3 Å². The van der Waals surface area contributed by atoms with Crippen LogP contribution in [0.4, 0.5) is 10.1 Å². The Morgan fingerprint density at radius 2 is 2.16 bits per heavy atom. The van der Waals surface area contributed by atoms with Crippen molar-refractivity contribution in [1.29, 1.82) is 0 Å². The smallest absolute Gasteiger partial charge is 0.335 e. The van der Waals surface area contributed by atoms with Crippen molar-refractivity contribution < 1.29 is 14.3 Å². The lowest BCUT2D eigenvalue weighted by atomic mass is 10.2. The highest BCUT2D eigenvalue weighted by molar-refractivity contribution is 9.10. The fourth-order valence-electron chi connectivity index (χ4n) is 1.49. The Morgan fingerprint density at radius 1 is 1.37 bits per heavy atom. The summed E-state index contributed by atoms with van der Waals surface area (Å²) < 4.78 is 14.4. The fourth-order valence-corrected chi connectivity index (χ4v) is 1.73. The van der Waals surface area contributed by atoms with E-state index in [1.54, 1.807) is 12.3 Å². The molecule has 1 aromatic heterocycles. The van der Waals surface area contributed by atoms with Gasteiger partial charge in [-0.1, -0.05) is 0 Å². The van der Waals surface area contributed by atoms with Crippen LogP contribution in [-0.2, 0) is 6.54 Å². The van der Waals surface area contributed by atoms with E-state index in [1.807, 2.05) is 6.07 Å². The van der Waals surface area contributed by atoms with Gasteiger partial charge in [0, 0.05) is 10.7 Å². The Bertz CT molecular complexity index is 602. The van der Waals surface area contributed by atoms with Crippen LogP contribution in [0.1, 0.15) is 16.1 Å². The zero-order valence-corrected chi connectivity index (χ0v) is 11.3. The van der Waals surface area contributed by atoms with Gasteiger partial charge in [0.1, 0.15) is 5.82 Å². The van der Waals surface area contributed by atoms with Crippen LogP contribution >= 0.6 is 15.9 Å². The number of aromatic carboxylic acids is 1. The van der Waals surface area contributed by atoms with Gasteiger partial charge >= 0.3 is 5.97 Å². The topological polar surface area (TPSA) is 62.2 Å². The molecule has 1 aromatic carbocycles. The molecule has 4 nitrogen and oxygen atoms in total. The average Bonchev–Trinajstić information content (AvgIpc) is 2.39. The van der Waals surface area contributed by atoms with Crippen LogP contribution in [0, 0.1) is 5.82 Å². The first-order chi connectivity index (χ1) is 9.06. The van der Waals surface area contributed by atoms with E-state index in [2.05, 4.69) is 26.2 Å². The number of nitrogens with zero attached hydrogens (tertiary/aromatic N) is 1. The molecule has 0 amide bonds. The lowest BCUT2D eigenvalue weighted by Crippen LogP contribution is -2.05. The number of halogens is 2. The minimum absolute atomic E-state index is 0.0349. The molecule has 0 atom stereocenters. The molecule has 0 saturated carbocycles. The van der Waals surface area contributed by atoms with E-state index >= 15 is 0 Å². The van der Waals surface area contributed by atoms with E-state index in [9.17, 15) is 9.18 Å². The molecule has 0 aliphatic rings. The van der Waals surface area contributed by atoms with Crippen molar-refractivity contribution in [3.05, 3.63) is 58.1 Å². The van der Waals surface area contributed by atoms with Gasteiger partial charge < -0.3 is 10.4 Å². The third-order valence-electron chi connectivity index (χ3n) is 2.46. The summed E-state index contributed by atoms with van der Waals surface area (Å²) in [7, 11) is 0. The summed E-state index contributed by atoms with van der Waals surface area (Å²) in [6.07, 6.45) is 1.64. The highest BCUT2D eigenvalue weighted by atomic mass is 79.9. The largest absolute Gasteiger partial charge is 0.478 e. The molecule has 0 spiro atoms. The molecule has 2 aromatic rings. The summed E-state index contributed by atoms with van der Waals surface area (Å²) in [6.45, 7) is 0.313. The van der Waals surface area contributed by atoms with Crippen LogP contribution in [0.5, 0.6) is 0 Å². The zero-order valence-electron chi connectivity index (χ0n) is 9.73. The maximum Gasteiger partial charge on any atom is 0.335 e. The van der Waals surface area contributed by atoms with Crippen LogP contribution in [0.2, 0.25) is 0 Å². The third-order valence-corrected chi connectivity index (χ3v) is 2.93. The third kappa shape index (κ3) is 3.51. The first-order valence-electron chi connectivity index (χ1n) is 5.43. The van der Waals surface area contributed by atoms with Crippen molar-refractivity contribution in [1.82, 2.24) is 4.98 Å². The number of aromatic nitrogens is 1. The van der Waals surface area contributed by atoms with Gasteiger partial charge in [0.2, 0.25) is 0 Å². The first kappa shape index (κ1) is 13.5. The number of benzene rings is 1. The van der Waals surface area contributed by atoms with Crippen LogP contribution in [0.3, 0.4) is 0 Å². The molecular formula is C13H10BrFN2O2. The maximum absolute atomic E-state index is 13.5. The maximum atomic E-state index is 13.5. The van der Waals surface area contributed by atoms with Crippen molar-refractivity contribution in [3.8, 4) is 0 Å². The second-order valence-electron chi connectivity index (χ2n) is 3.82. The zero-order chi connectivity index (χ0) is 13.8. The first-order valence-corrected chi connectivity index (χ1v) is 6.22. The van der Waals surface area contributed by atoms with Crippen LogP contribution in [0.15, 0.2) is 41.0 Å². The number of carboxylic acid groups (broad SMARTS) is 1. The molecule has 6 heteroatoms. The molecule has 19 heavy (non-hydrogen) atoms. The van der Waals surface area contributed by atoms with Crippen LogP contribution < -0.4 is 5.32 Å². The molecule has 2 rings (SSSR count). The van der Waals surface area contributed by atoms with Crippen molar-refractivity contribution in [3.63, 3.8) is 0 Å². The molecule has 0 radical (unpaired) electrons. The van der Waals surface area contributed by atoms with E-state index in [0.717, 1.165) is 16.2 Å². The standard InChI is InChI=1S/C13H10BrFN2O2/c14-9-2-3-10(16-6-9)7-17-12-5-8(13(18)19)1-4-11(12)15/h1-6,17H,7H2,(H,18,19). The number of anilines is 1. The minimum Gasteiger partial charge on any atom is -0.478 e. The van der Waals surface area contributed by atoms with Crippen LogP contribution in [0.25, 0.3) is 0 Å².